The van der Waals surface area contributed by atoms with Crippen molar-refractivity contribution in [3.05, 3.63) is 16.1 Å². The molecule has 1 heterocycles. The second-order valence-electron chi connectivity index (χ2n) is 4.42. The van der Waals surface area contributed by atoms with Gasteiger partial charge in [0.05, 0.1) is 16.5 Å². The fourth-order valence-corrected chi connectivity index (χ4v) is 3.35. The summed E-state index contributed by atoms with van der Waals surface area (Å²) in [5.41, 5.74) is 0.954. The summed E-state index contributed by atoms with van der Waals surface area (Å²) in [4.78, 5) is 4.30. The van der Waals surface area contributed by atoms with Crippen LogP contribution in [0.4, 0.5) is 0 Å². The van der Waals surface area contributed by atoms with Gasteiger partial charge in [-0.15, -0.1) is 11.3 Å². The largest absolute Gasteiger partial charge is 0.317 e. The molecule has 1 rings (SSSR count). The normalized spacial score (nSPS) is 11.9. The third kappa shape index (κ3) is 7.61. The van der Waals surface area contributed by atoms with Gasteiger partial charge in [-0.1, -0.05) is 6.92 Å². The second-order valence-corrected chi connectivity index (χ2v) is 7.41. The minimum atomic E-state index is -3.15. The molecule has 0 aromatic carbocycles. The van der Waals surface area contributed by atoms with Crippen molar-refractivity contribution in [2.24, 2.45) is 0 Å². The van der Waals surface area contributed by atoms with E-state index < -0.39 is 10.0 Å². The van der Waals surface area contributed by atoms with Crippen LogP contribution in [0.2, 0.25) is 0 Å². The van der Waals surface area contributed by atoms with Crippen LogP contribution in [-0.2, 0) is 16.4 Å². The van der Waals surface area contributed by atoms with Crippen molar-refractivity contribution in [1.29, 1.82) is 0 Å². The summed E-state index contributed by atoms with van der Waals surface area (Å²) in [7, 11) is -3.15. The summed E-state index contributed by atoms with van der Waals surface area (Å²) < 4.78 is 26.0. The molecule has 5 nitrogen and oxygen atoms in total. The zero-order valence-corrected chi connectivity index (χ0v) is 13.2. The van der Waals surface area contributed by atoms with Crippen LogP contribution < -0.4 is 10.0 Å². The van der Waals surface area contributed by atoms with Gasteiger partial charge in [-0.05, 0) is 32.9 Å². The second kappa shape index (κ2) is 8.63. The highest BCUT2D eigenvalue weighted by atomic mass is 32.2. The van der Waals surface area contributed by atoms with Crippen molar-refractivity contribution >= 4 is 21.4 Å². The SMILES string of the molecule is CCCNCCCS(=O)(=O)NCCc1csc(C)n1. The van der Waals surface area contributed by atoms with E-state index in [2.05, 4.69) is 21.9 Å². The lowest BCUT2D eigenvalue weighted by Crippen LogP contribution is -2.30. The third-order valence-corrected chi connectivity index (χ3v) is 4.86. The van der Waals surface area contributed by atoms with E-state index in [4.69, 9.17) is 0 Å². The molecule has 1 aromatic rings. The minimum absolute atomic E-state index is 0.180. The number of sulfonamides is 1. The van der Waals surface area contributed by atoms with Crippen LogP contribution in [0.3, 0.4) is 0 Å². The molecule has 0 aliphatic rings. The molecule has 110 valence electrons. The summed E-state index contributed by atoms with van der Waals surface area (Å²) in [6.45, 7) is 6.15. The molecule has 0 bridgehead atoms. The first-order chi connectivity index (χ1) is 9.03. The van der Waals surface area contributed by atoms with E-state index in [9.17, 15) is 8.42 Å². The van der Waals surface area contributed by atoms with Crippen molar-refractivity contribution in [1.82, 2.24) is 15.0 Å². The Bertz CT molecular complexity index is 457. The van der Waals surface area contributed by atoms with Gasteiger partial charge in [0, 0.05) is 18.3 Å². The number of hydrogen-bond acceptors (Lipinski definition) is 5. The summed E-state index contributed by atoms with van der Waals surface area (Å²) >= 11 is 1.59. The Morgan fingerprint density at radius 1 is 1.32 bits per heavy atom. The van der Waals surface area contributed by atoms with Crippen molar-refractivity contribution in [2.75, 3.05) is 25.4 Å². The third-order valence-electron chi connectivity index (χ3n) is 2.56. The van der Waals surface area contributed by atoms with Crippen LogP contribution in [0.5, 0.6) is 0 Å². The maximum atomic E-state index is 11.7. The van der Waals surface area contributed by atoms with Crippen molar-refractivity contribution in [2.45, 2.75) is 33.1 Å². The average Bonchev–Trinajstić information content (AvgIpc) is 2.74. The lowest BCUT2D eigenvalue weighted by atomic mass is 10.3. The number of nitrogens with one attached hydrogen (secondary N) is 2. The van der Waals surface area contributed by atoms with Crippen molar-refractivity contribution in [3.63, 3.8) is 0 Å². The van der Waals surface area contributed by atoms with Crippen molar-refractivity contribution < 1.29 is 8.42 Å². The Kier molecular flexibility index (Phi) is 7.52. The van der Waals surface area contributed by atoms with Gasteiger partial charge in [0.1, 0.15) is 0 Å². The van der Waals surface area contributed by atoms with E-state index in [0.717, 1.165) is 30.2 Å². The van der Waals surface area contributed by atoms with E-state index in [1.165, 1.54) is 0 Å². The number of thiazole rings is 1. The predicted molar refractivity (Wildman–Crippen MR) is 80.1 cm³/mol. The van der Waals surface area contributed by atoms with Gasteiger partial charge in [-0.25, -0.2) is 18.1 Å². The van der Waals surface area contributed by atoms with Crippen LogP contribution in [-0.4, -0.2) is 38.8 Å². The maximum absolute atomic E-state index is 11.7. The number of hydrogen-bond donors (Lipinski definition) is 2. The summed E-state index contributed by atoms with van der Waals surface area (Å²) in [5.74, 6) is 0.180. The van der Waals surface area contributed by atoms with E-state index in [0.29, 0.717) is 19.4 Å². The first-order valence-electron chi connectivity index (χ1n) is 6.62. The van der Waals surface area contributed by atoms with Gasteiger partial charge in [-0.3, -0.25) is 0 Å². The molecule has 0 aliphatic heterocycles. The zero-order chi connectivity index (χ0) is 14.1. The Morgan fingerprint density at radius 3 is 2.74 bits per heavy atom. The van der Waals surface area contributed by atoms with Crippen molar-refractivity contribution in [3.8, 4) is 0 Å². The highest BCUT2D eigenvalue weighted by molar-refractivity contribution is 7.89. The lowest BCUT2D eigenvalue weighted by Gasteiger charge is -2.06. The fourth-order valence-electron chi connectivity index (χ4n) is 1.62. The van der Waals surface area contributed by atoms with Crippen LogP contribution in [0.1, 0.15) is 30.5 Å². The molecule has 0 spiro atoms. The molecule has 7 heteroatoms. The van der Waals surface area contributed by atoms with Gasteiger partial charge in [0.15, 0.2) is 0 Å². The zero-order valence-electron chi connectivity index (χ0n) is 11.6. The molecule has 0 unspecified atom stereocenters. The smallest absolute Gasteiger partial charge is 0.211 e. The number of aryl methyl sites for hydroxylation is 1. The molecule has 1 aromatic heterocycles. The molecule has 0 aliphatic carbocycles. The molecule has 0 saturated carbocycles. The molecular weight excluding hydrogens is 282 g/mol. The molecule has 2 N–H and O–H groups in total. The number of rotatable bonds is 10. The van der Waals surface area contributed by atoms with Gasteiger partial charge in [0.25, 0.3) is 0 Å². The first-order valence-corrected chi connectivity index (χ1v) is 9.16. The molecule has 0 radical (unpaired) electrons. The Labute approximate surface area is 119 Å². The lowest BCUT2D eigenvalue weighted by molar-refractivity contribution is 0.574. The minimum Gasteiger partial charge on any atom is -0.317 e. The summed E-state index contributed by atoms with van der Waals surface area (Å²) in [5, 5.41) is 6.18. The monoisotopic (exact) mass is 305 g/mol. The molecule has 19 heavy (non-hydrogen) atoms. The quantitative estimate of drug-likeness (QED) is 0.639. The summed E-state index contributed by atoms with van der Waals surface area (Å²) in [6.07, 6.45) is 2.36. The van der Waals surface area contributed by atoms with Gasteiger partial charge in [-0.2, -0.15) is 0 Å². The van der Waals surface area contributed by atoms with Gasteiger partial charge >= 0.3 is 0 Å². The van der Waals surface area contributed by atoms with E-state index in [1.54, 1.807) is 11.3 Å². The first kappa shape index (κ1) is 16.6. The van der Waals surface area contributed by atoms with Crippen LogP contribution >= 0.6 is 11.3 Å². The Balaban J connectivity index is 2.16. The predicted octanol–water partition coefficient (Wildman–Crippen LogP) is 1.30. The number of aromatic nitrogens is 1. The Hall–Kier alpha value is -0.500. The standard InChI is InChI=1S/C12H23N3O2S2/c1-3-6-13-7-4-9-19(16,17)14-8-5-12-10-18-11(2)15-12/h10,13-14H,3-9H2,1-2H3. The van der Waals surface area contributed by atoms with Crippen LogP contribution in [0, 0.1) is 6.92 Å². The van der Waals surface area contributed by atoms with Crippen LogP contribution in [0.15, 0.2) is 5.38 Å². The fraction of sp³-hybridized carbons (Fsp3) is 0.750. The number of nitrogens with zero attached hydrogens (tertiary/aromatic N) is 1. The van der Waals surface area contributed by atoms with Gasteiger partial charge in [0.2, 0.25) is 10.0 Å². The van der Waals surface area contributed by atoms with Gasteiger partial charge < -0.3 is 5.32 Å². The van der Waals surface area contributed by atoms with E-state index >= 15 is 0 Å². The van der Waals surface area contributed by atoms with E-state index in [-0.39, 0.29) is 5.75 Å². The maximum Gasteiger partial charge on any atom is 0.211 e. The topological polar surface area (TPSA) is 71.1 Å². The van der Waals surface area contributed by atoms with Crippen LogP contribution in [0.25, 0.3) is 0 Å². The molecule has 0 saturated heterocycles. The Morgan fingerprint density at radius 2 is 2.11 bits per heavy atom. The molecule has 0 atom stereocenters. The highest BCUT2D eigenvalue weighted by Crippen LogP contribution is 2.07. The molecule has 0 amide bonds. The highest BCUT2D eigenvalue weighted by Gasteiger charge is 2.09. The molecule has 0 fully saturated rings. The molecular formula is C12H23N3O2S2. The van der Waals surface area contributed by atoms with E-state index in [1.807, 2.05) is 12.3 Å². The average molecular weight is 305 g/mol. The summed E-state index contributed by atoms with van der Waals surface area (Å²) in [6, 6.07) is 0.